The Morgan fingerprint density at radius 3 is 2.95 bits per heavy atom. The van der Waals surface area contributed by atoms with Crippen LogP contribution in [0.25, 0.3) is 10.6 Å². The molecule has 0 bridgehead atoms. The molecule has 2 aromatic rings. The molecule has 1 aromatic carbocycles. The molecule has 1 heterocycles. The largest absolute Gasteiger partial charge is 0.394 e. The summed E-state index contributed by atoms with van der Waals surface area (Å²) in [6.07, 6.45) is 0.709. The van der Waals surface area contributed by atoms with Gasteiger partial charge in [0, 0.05) is 24.1 Å². The number of carbonyl (C=O) groups excluding carboxylic acids is 1. The average molecular weight is 320 g/mol. The van der Waals surface area contributed by atoms with Gasteiger partial charge in [-0.3, -0.25) is 4.79 Å². The number of hydrogen-bond donors (Lipinski definition) is 2. The van der Waals surface area contributed by atoms with Crippen LogP contribution in [0.15, 0.2) is 29.6 Å². The Hall–Kier alpha value is -1.76. The molecule has 2 N–H and O–H groups in total. The molecule has 0 atom stereocenters. The number of nitrogens with one attached hydrogen (secondary N) is 1. The Kier molecular flexibility index (Phi) is 6.51. The number of carbonyl (C=O) groups is 1. The smallest absolute Gasteiger partial charge is 0.270 e. The summed E-state index contributed by atoms with van der Waals surface area (Å²) >= 11 is 1.47. The van der Waals surface area contributed by atoms with Crippen molar-refractivity contribution in [2.75, 3.05) is 26.4 Å². The fourth-order valence-corrected chi connectivity index (χ4v) is 2.84. The Morgan fingerprint density at radius 1 is 1.36 bits per heavy atom. The van der Waals surface area contributed by atoms with Crippen molar-refractivity contribution in [1.29, 1.82) is 0 Å². The first kappa shape index (κ1) is 16.6. The SMILES string of the molecule is Cc1ccccc1-c1nc(C(=O)NCCCOCCO)cs1. The van der Waals surface area contributed by atoms with Crippen LogP contribution < -0.4 is 5.32 Å². The zero-order valence-corrected chi connectivity index (χ0v) is 13.4. The average Bonchev–Trinajstić information content (AvgIpc) is 3.01. The van der Waals surface area contributed by atoms with Crippen LogP contribution in [-0.2, 0) is 4.74 Å². The van der Waals surface area contributed by atoms with E-state index >= 15 is 0 Å². The van der Waals surface area contributed by atoms with Crippen molar-refractivity contribution < 1.29 is 14.6 Å². The summed E-state index contributed by atoms with van der Waals surface area (Å²) in [5, 5.41) is 14.0. The summed E-state index contributed by atoms with van der Waals surface area (Å²) < 4.78 is 5.13. The first-order valence-electron chi connectivity index (χ1n) is 7.20. The van der Waals surface area contributed by atoms with Gasteiger partial charge in [-0.1, -0.05) is 24.3 Å². The van der Waals surface area contributed by atoms with Gasteiger partial charge < -0.3 is 15.2 Å². The second-order valence-corrected chi connectivity index (χ2v) is 5.66. The topological polar surface area (TPSA) is 71.5 Å². The Bertz CT molecular complexity index is 613. The number of thiazole rings is 1. The number of nitrogens with zero attached hydrogens (tertiary/aromatic N) is 1. The molecule has 5 nitrogen and oxygen atoms in total. The summed E-state index contributed by atoms with van der Waals surface area (Å²) in [6, 6.07) is 7.99. The molecule has 1 amide bonds. The van der Waals surface area contributed by atoms with Crippen molar-refractivity contribution in [2.24, 2.45) is 0 Å². The van der Waals surface area contributed by atoms with Crippen LogP contribution in [-0.4, -0.2) is 42.4 Å². The zero-order chi connectivity index (χ0) is 15.8. The van der Waals surface area contributed by atoms with Gasteiger partial charge in [0.05, 0.1) is 13.2 Å². The van der Waals surface area contributed by atoms with Gasteiger partial charge in [-0.05, 0) is 18.9 Å². The number of aryl methyl sites for hydroxylation is 1. The molecule has 118 valence electrons. The second-order valence-electron chi connectivity index (χ2n) is 4.80. The number of amides is 1. The number of ether oxygens (including phenoxy) is 1. The lowest BCUT2D eigenvalue weighted by atomic mass is 10.1. The molecular formula is C16H20N2O3S. The Balaban J connectivity index is 1.86. The van der Waals surface area contributed by atoms with Crippen molar-refractivity contribution in [1.82, 2.24) is 10.3 Å². The summed E-state index contributed by atoms with van der Waals surface area (Å²) in [6.45, 7) is 3.43. The molecule has 0 saturated heterocycles. The van der Waals surface area contributed by atoms with E-state index in [0.29, 0.717) is 31.9 Å². The van der Waals surface area contributed by atoms with Crippen molar-refractivity contribution in [3.63, 3.8) is 0 Å². The van der Waals surface area contributed by atoms with E-state index in [2.05, 4.69) is 10.3 Å². The monoisotopic (exact) mass is 320 g/mol. The van der Waals surface area contributed by atoms with Crippen molar-refractivity contribution >= 4 is 17.2 Å². The molecule has 0 aliphatic heterocycles. The molecule has 22 heavy (non-hydrogen) atoms. The molecule has 0 saturated carbocycles. The van der Waals surface area contributed by atoms with E-state index in [1.54, 1.807) is 5.38 Å². The van der Waals surface area contributed by atoms with E-state index in [1.165, 1.54) is 11.3 Å². The zero-order valence-electron chi connectivity index (χ0n) is 12.5. The summed E-state index contributed by atoms with van der Waals surface area (Å²) in [5.41, 5.74) is 2.65. The Morgan fingerprint density at radius 2 is 2.18 bits per heavy atom. The quantitative estimate of drug-likeness (QED) is 0.732. The minimum absolute atomic E-state index is 0.0207. The third-order valence-electron chi connectivity index (χ3n) is 3.10. The molecule has 0 unspecified atom stereocenters. The van der Waals surface area contributed by atoms with E-state index in [1.807, 2.05) is 31.2 Å². The van der Waals surface area contributed by atoms with Gasteiger partial charge in [0.1, 0.15) is 10.7 Å². The van der Waals surface area contributed by atoms with Gasteiger partial charge in [-0.25, -0.2) is 4.98 Å². The van der Waals surface area contributed by atoms with Crippen molar-refractivity contribution in [3.8, 4) is 10.6 Å². The molecule has 2 rings (SSSR count). The van der Waals surface area contributed by atoms with Gasteiger partial charge in [-0.15, -0.1) is 11.3 Å². The summed E-state index contributed by atoms with van der Waals surface area (Å²) in [5.74, 6) is -0.168. The normalized spacial score (nSPS) is 10.6. The highest BCUT2D eigenvalue weighted by molar-refractivity contribution is 7.13. The molecule has 0 aliphatic rings. The lowest BCUT2D eigenvalue weighted by Crippen LogP contribution is -2.25. The standard InChI is InChI=1S/C16H20N2O3S/c1-12-5-2-3-6-13(12)16-18-14(11-22-16)15(20)17-7-4-9-21-10-8-19/h2-3,5-6,11,19H,4,7-10H2,1H3,(H,17,20). The molecule has 0 fully saturated rings. The molecule has 1 aromatic heterocycles. The minimum Gasteiger partial charge on any atom is -0.394 e. The molecule has 0 radical (unpaired) electrons. The maximum atomic E-state index is 12.0. The molecular weight excluding hydrogens is 300 g/mol. The number of aromatic nitrogens is 1. The maximum absolute atomic E-state index is 12.0. The lowest BCUT2D eigenvalue weighted by molar-refractivity contribution is 0.0866. The van der Waals surface area contributed by atoms with Crippen LogP contribution in [0.1, 0.15) is 22.5 Å². The van der Waals surface area contributed by atoms with Crippen molar-refractivity contribution in [2.45, 2.75) is 13.3 Å². The van der Waals surface area contributed by atoms with E-state index < -0.39 is 0 Å². The first-order valence-corrected chi connectivity index (χ1v) is 8.08. The van der Waals surface area contributed by atoms with Crippen LogP contribution in [0.4, 0.5) is 0 Å². The fraction of sp³-hybridized carbons (Fsp3) is 0.375. The van der Waals surface area contributed by atoms with E-state index in [4.69, 9.17) is 9.84 Å². The van der Waals surface area contributed by atoms with Crippen LogP contribution >= 0.6 is 11.3 Å². The predicted octanol–water partition coefficient (Wildman–Crippen LogP) is 2.25. The highest BCUT2D eigenvalue weighted by atomic mass is 32.1. The highest BCUT2D eigenvalue weighted by Gasteiger charge is 2.12. The second kappa shape index (κ2) is 8.63. The third-order valence-corrected chi connectivity index (χ3v) is 3.97. The van der Waals surface area contributed by atoms with Gasteiger partial charge in [0.25, 0.3) is 5.91 Å². The van der Waals surface area contributed by atoms with Gasteiger partial charge >= 0.3 is 0 Å². The van der Waals surface area contributed by atoms with Crippen LogP contribution in [0, 0.1) is 6.92 Å². The third kappa shape index (κ3) is 4.62. The van der Waals surface area contributed by atoms with Crippen LogP contribution in [0.5, 0.6) is 0 Å². The van der Waals surface area contributed by atoms with E-state index in [-0.39, 0.29) is 12.5 Å². The lowest BCUT2D eigenvalue weighted by Gasteiger charge is -2.04. The fourth-order valence-electron chi connectivity index (χ4n) is 1.95. The summed E-state index contributed by atoms with van der Waals surface area (Å²) in [7, 11) is 0. The minimum atomic E-state index is -0.168. The maximum Gasteiger partial charge on any atom is 0.270 e. The van der Waals surface area contributed by atoms with E-state index in [9.17, 15) is 4.79 Å². The van der Waals surface area contributed by atoms with Crippen molar-refractivity contribution in [3.05, 3.63) is 40.9 Å². The number of hydrogen-bond acceptors (Lipinski definition) is 5. The van der Waals surface area contributed by atoms with Gasteiger partial charge in [0.15, 0.2) is 0 Å². The molecule has 0 spiro atoms. The first-order chi connectivity index (χ1) is 10.7. The number of benzene rings is 1. The number of rotatable bonds is 8. The van der Waals surface area contributed by atoms with Gasteiger partial charge in [-0.2, -0.15) is 0 Å². The highest BCUT2D eigenvalue weighted by Crippen LogP contribution is 2.26. The van der Waals surface area contributed by atoms with Crippen LogP contribution in [0.3, 0.4) is 0 Å². The predicted molar refractivity (Wildman–Crippen MR) is 87.1 cm³/mol. The Labute approximate surface area is 134 Å². The molecule has 0 aliphatic carbocycles. The van der Waals surface area contributed by atoms with E-state index in [0.717, 1.165) is 16.1 Å². The van der Waals surface area contributed by atoms with Gasteiger partial charge in [0.2, 0.25) is 0 Å². The number of aliphatic hydroxyl groups is 1. The number of aliphatic hydroxyl groups excluding tert-OH is 1. The van der Waals surface area contributed by atoms with Crippen LogP contribution in [0.2, 0.25) is 0 Å². The summed E-state index contributed by atoms with van der Waals surface area (Å²) in [4.78, 5) is 16.4. The molecule has 6 heteroatoms.